The minimum absolute atomic E-state index is 0.820. The Morgan fingerprint density at radius 3 is 2.31 bits per heavy atom. The van der Waals surface area contributed by atoms with Gasteiger partial charge in [0, 0.05) is 4.47 Å². The zero-order valence-corrected chi connectivity index (χ0v) is 10.6. The molecule has 0 saturated heterocycles. The van der Waals surface area contributed by atoms with E-state index in [1.165, 1.54) is 34.0 Å². The predicted octanol–water partition coefficient (Wildman–Crippen LogP) is 4.99. The highest BCUT2D eigenvalue weighted by atomic mass is 79.9. The molecule has 0 spiro atoms. The second-order valence-electron chi connectivity index (χ2n) is 4.38. The van der Waals surface area contributed by atoms with Crippen LogP contribution in [0.25, 0.3) is 11.1 Å². The third kappa shape index (κ3) is 1.92. The zero-order valence-electron chi connectivity index (χ0n) is 8.99. The Balaban J connectivity index is 2.02. The molecule has 3 rings (SSSR count). The first kappa shape index (κ1) is 10.1. The van der Waals surface area contributed by atoms with Gasteiger partial charge in [-0.15, -0.1) is 0 Å². The van der Waals surface area contributed by atoms with Gasteiger partial charge >= 0.3 is 0 Å². The van der Waals surface area contributed by atoms with E-state index in [-0.39, 0.29) is 0 Å². The van der Waals surface area contributed by atoms with E-state index in [4.69, 9.17) is 0 Å². The molecule has 0 atom stereocenters. The molecule has 1 saturated carbocycles. The molecule has 0 N–H and O–H groups in total. The topological polar surface area (TPSA) is 0 Å². The Kier molecular flexibility index (Phi) is 2.56. The van der Waals surface area contributed by atoms with E-state index < -0.39 is 0 Å². The highest BCUT2D eigenvalue weighted by Gasteiger charge is 2.23. The maximum atomic E-state index is 3.68. The lowest BCUT2D eigenvalue weighted by Gasteiger charge is -2.07. The van der Waals surface area contributed by atoms with Crippen molar-refractivity contribution < 1.29 is 0 Å². The molecule has 1 aliphatic carbocycles. The summed E-state index contributed by atoms with van der Waals surface area (Å²) in [6.07, 6.45) is 2.72. The lowest BCUT2D eigenvalue weighted by Crippen LogP contribution is -1.83. The van der Waals surface area contributed by atoms with E-state index in [2.05, 4.69) is 64.5 Å². The van der Waals surface area contributed by atoms with Crippen molar-refractivity contribution in [3.8, 4) is 11.1 Å². The van der Waals surface area contributed by atoms with Crippen molar-refractivity contribution in [1.29, 1.82) is 0 Å². The largest absolute Gasteiger partial charge is 0.0622 e. The van der Waals surface area contributed by atoms with Gasteiger partial charge in [-0.25, -0.2) is 0 Å². The lowest BCUT2D eigenvalue weighted by atomic mass is 10.0. The van der Waals surface area contributed by atoms with Crippen LogP contribution in [0.5, 0.6) is 0 Å². The fraction of sp³-hybridized carbons (Fsp3) is 0.200. The van der Waals surface area contributed by atoms with Gasteiger partial charge in [0.25, 0.3) is 0 Å². The molecule has 0 bridgehead atoms. The highest BCUT2D eigenvalue weighted by molar-refractivity contribution is 9.10. The van der Waals surface area contributed by atoms with E-state index in [1.807, 2.05) is 0 Å². The summed E-state index contributed by atoms with van der Waals surface area (Å²) in [5.41, 5.74) is 4.04. The molecule has 1 fully saturated rings. The second-order valence-corrected chi connectivity index (χ2v) is 5.23. The zero-order chi connectivity index (χ0) is 11.0. The van der Waals surface area contributed by atoms with Crippen molar-refractivity contribution in [2.75, 3.05) is 0 Å². The van der Waals surface area contributed by atoms with Gasteiger partial charge in [0.2, 0.25) is 0 Å². The van der Waals surface area contributed by atoms with E-state index in [1.54, 1.807) is 0 Å². The van der Waals surface area contributed by atoms with Crippen LogP contribution in [0, 0.1) is 0 Å². The molecule has 0 amide bonds. The van der Waals surface area contributed by atoms with Crippen LogP contribution in [0.15, 0.2) is 53.0 Å². The summed E-state index contributed by atoms with van der Waals surface area (Å²) in [6.45, 7) is 0. The van der Waals surface area contributed by atoms with Crippen molar-refractivity contribution in [3.63, 3.8) is 0 Å². The Morgan fingerprint density at radius 2 is 1.69 bits per heavy atom. The van der Waals surface area contributed by atoms with Crippen LogP contribution in [0.2, 0.25) is 0 Å². The normalized spacial score (nSPS) is 15.1. The van der Waals surface area contributed by atoms with Crippen molar-refractivity contribution in [1.82, 2.24) is 0 Å². The van der Waals surface area contributed by atoms with Crippen molar-refractivity contribution in [2.24, 2.45) is 0 Å². The second kappa shape index (κ2) is 4.06. The van der Waals surface area contributed by atoms with E-state index in [0.717, 1.165) is 5.92 Å². The summed E-state index contributed by atoms with van der Waals surface area (Å²) in [6, 6.07) is 17.3. The third-order valence-corrected chi connectivity index (χ3v) is 3.78. The number of rotatable bonds is 2. The van der Waals surface area contributed by atoms with E-state index in [0.29, 0.717) is 0 Å². The average molecular weight is 273 g/mol. The van der Waals surface area contributed by atoms with Crippen molar-refractivity contribution in [3.05, 3.63) is 58.6 Å². The molecule has 1 aliphatic rings. The number of halogens is 1. The van der Waals surface area contributed by atoms with E-state index in [9.17, 15) is 0 Å². The first-order chi connectivity index (χ1) is 7.84. The summed E-state index contributed by atoms with van der Waals surface area (Å²) < 4.78 is 1.21. The first-order valence-electron chi connectivity index (χ1n) is 5.69. The molecule has 16 heavy (non-hydrogen) atoms. The van der Waals surface area contributed by atoms with Crippen LogP contribution in [0.4, 0.5) is 0 Å². The maximum absolute atomic E-state index is 3.68. The van der Waals surface area contributed by atoms with Crippen molar-refractivity contribution in [2.45, 2.75) is 18.8 Å². The van der Waals surface area contributed by atoms with Gasteiger partial charge in [-0.05, 0) is 41.5 Å². The molecule has 2 aromatic rings. The summed E-state index contributed by atoms with van der Waals surface area (Å²) in [4.78, 5) is 0. The Bertz CT molecular complexity index is 498. The summed E-state index contributed by atoms with van der Waals surface area (Å²) >= 11 is 3.68. The molecule has 0 aliphatic heterocycles. The Morgan fingerprint density at radius 1 is 0.938 bits per heavy atom. The van der Waals surface area contributed by atoms with Crippen molar-refractivity contribution >= 4 is 15.9 Å². The molecule has 1 heteroatoms. The molecule has 0 radical (unpaired) electrons. The van der Waals surface area contributed by atoms with Crippen LogP contribution in [-0.2, 0) is 0 Å². The number of benzene rings is 2. The quantitative estimate of drug-likeness (QED) is 0.722. The van der Waals surface area contributed by atoms with Gasteiger partial charge in [-0.1, -0.05) is 58.4 Å². The lowest BCUT2D eigenvalue weighted by molar-refractivity contribution is 1.13. The first-order valence-corrected chi connectivity index (χ1v) is 6.49. The molecule has 0 heterocycles. The van der Waals surface area contributed by atoms with Gasteiger partial charge in [-0.2, -0.15) is 0 Å². The Hall–Kier alpha value is -1.08. The van der Waals surface area contributed by atoms with Gasteiger partial charge in [-0.3, -0.25) is 0 Å². The van der Waals surface area contributed by atoms with Crippen LogP contribution in [0.1, 0.15) is 24.3 Å². The SMILES string of the molecule is Brc1cc(C2CC2)ccc1-c1ccccc1. The minimum atomic E-state index is 0.820. The van der Waals surface area contributed by atoms with E-state index >= 15 is 0 Å². The smallest absolute Gasteiger partial charge is 0.0256 e. The van der Waals surface area contributed by atoms with Gasteiger partial charge in [0.05, 0.1) is 0 Å². The third-order valence-electron chi connectivity index (χ3n) is 3.13. The minimum Gasteiger partial charge on any atom is -0.0622 e. The van der Waals surface area contributed by atoms with Crippen LogP contribution in [-0.4, -0.2) is 0 Å². The standard InChI is InChI=1S/C15H13Br/c16-15-10-13(11-6-7-11)8-9-14(15)12-4-2-1-3-5-12/h1-5,8-11H,6-7H2. The predicted molar refractivity (Wildman–Crippen MR) is 71.6 cm³/mol. The molecular formula is C15H13Br. The number of hydrogen-bond acceptors (Lipinski definition) is 0. The molecule has 2 aromatic carbocycles. The fourth-order valence-corrected chi connectivity index (χ4v) is 2.68. The highest BCUT2D eigenvalue weighted by Crippen LogP contribution is 2.42. The Labute approximate surface area is 104 Å². The van der Waals surface area contributed by atoms with Crippen LogP contribution in [0.3, 0.4) is 0 Å². The van der Waals surface area contributed by atoms with Gasteiger partial charge < -0.3 is 0 Å². The maximum Gasteiger partial charge on any atom is 0.0256 e. The molecule has 0 unspecified atom stereocenters. The van der Waals surface area contributed by atoms with Crippen LogP contribution >= 0.6 is 15.9 Å². The average Bonchev–Trinajstić information content (AvgIpc) is 3.14. The molecule has 80 valence electrons. The summed E-state index contributed by atoms with van der Waals surface area (Å²) in [7, 11) is 0. The monoisotopic (exact) mass is 272 g/mol. The van der Waals surface area contributed by atoms with Gasteiger partial charge in [0.15, 0.2) is 0 Å². The molecular weight excluding hydrogens is 260 g/mol. The molecule has 0 nitrogen and oxygen atoms in total. The molecule has 0 aromatic heterocycles. The fourth-order valence-electron chi connectivity index (χ4n) is 2.05. The van der Waals surface area contributed by atoms with Gasteiger partial charge in [0.1, 0.15) is 0 Å². The summed E-state index contributed by atoms with van der Waals surface area (Å²) in [5, 5.41) is 0. The summed E-state index contributed by atoms with van der Waals surface area (Å²) in [5.74, 6) is 0.820. The number of hydrogen-bond donors (Lipinski definition) is 0. The van der Waals surface area contributed by atoms with Crippen LogP contribution < -0.4 is 0 Å².